The van der Waals surface area contributed by atoms with E-state index in [0.717, 1.165) is 61.5 Å². The summed E-state index contributed by atoms with van der Waals surface area (Å²) in [5, 5.41) is 0. The zero-order valence-corrected chi connectivity index (χ0v) is 30.9. The van der Waals surface area contributed by atoms with Gasteiger partial charge in [-0.25, -0.2) is 14.8 Å². The van der Waals surface area contributed by atoms with Gasteiger partial charge in [0, 0.05) is 16.7 Å². The Morgan fingerprint density at radius 2 is 0.842 bits per heavy atom. The summed E-state index contributed by atoms with van der Waals surface area (Å²) in [6.07, 6.45) is 0. The molecule has 0 fully saturated rings. The molecule has 3 heteroatoms. The molecular weight excluding hydrogens is 691 g/mol. The summed E-state index contributed by atoms with van der Waals surface area (Å²) in [4.78, 5) is 14.3. The lowest BCUT2D eigenvalue weighted by Gasteiger charge is -2.31. The van der Waals surface area contributed by atoms with E-state index in [-0.39, 0.29) is 0 Å². The first-order valence-electron chi connectivity index (χ1n) is 19.3. The molecule has 0 saturated heterocycles. The van der Waals surface area contributed by atoms with Crippen LogP contribution in [0.25, 0.3) is 83.3 Å². The van der Waals surface area contributed by atoms with Crippen molar-refractivity contribution in [1.29, 1.82) is 0 Å². The van der Waals surface area contributed by atoms with E-state index >= 15 is 0 Å². The third-order valence-electron chi connectivity index (χ3n) is 11.7. The fourth-order valence-corrected chi connectivity index (χ4v) is 9.22. The lowest BCUT2D eigenvalue weighted by atomic mass is 9.70. The highest BCUT2D eigenvalue weighted by molar-refractivity contribution is 5.99. The van der Waals surface area contributed by atoms with Crippen molar-refractivity contribution in [1.82, 2.24) is 9.97 Å². The van der Waals surface area contributed by atoms with Crippen molar-refractivity contribution in [3.63, 3.8) is 0 Å². The number of hydrogen-bond donors (Lipinski definition) is 0. The molecule has 11 rings (SSSR count). The molecule has 57 heavy (non-hydrogen) atoms. The van der Waals surface area contributed by atoms with E-state index in [1.54, 1.807) is 0 Å². The summed E-state index contributed by atoms with van der Waals surface area (Å²) in [6.45, 7) is 8.16. The Kier molecular flexibility index (Phi) is 7.45. The second kappa shape index (κ2) is 13.0. The van der Waals surface area contributed by atoms with Gasteiger partial charge in [0.1, 0.15) is 0 Å². The van der Waals surface area contributed by atoms with E-state index < -0.39 is 5.41 Å². The van der Waals surface area contributed by atoms with Gasteiger partial charge in [-0.2, -0.15) is 0 Å². The number of fused-ring (bicyclic) bond motifs is 10. The van der Waals surface area contributed by atoms with Gasteiger partial charge in [0.05, 0.1) is 23.4 Å². The van der Waals surface area contributed by atoms with Gasteiger partial charge >= 0.3 is 0 Å². The van der Waals surface area contributed by atoms with Crippen LogP contribution in [0.15, 0.2) is 200 Å². The standard InChI is InChI=1S/C54H33N3/c1-55-49-25-13-24-47-52(49)44-31-30-40(33-48(44)54(47)45-22-10-8-20-42(45)43-21-9-11-23-46(43)54)36-26-28-38(29-27-36)51-34-50(37-16-6-3-7-17-37)56-53(57-51)41-19-12-18-39(32-41)35-14-4-2-5-15-35/h2-34H. The quantitative estimate of drug-likeness (QED) is 0.166. The summed E-state index contributed by atoms with van der Waals surface area (Å²) in [6, 6.07) is 70.7. The normalized spacial score (nSPS) is 12.7. The molecule has 1 heterocycles. The highest BCUT2D eigenvalue weighted by Crippen LogP contribution is 2.64. The van der Waals surface area contributed by atoms with Gasteiger partial charge in [-0.3, -0.25) is 0 Å². The van der Waals surface area contributed by atoms with Crippen LogP contribution in [0.5, 0.6) is 0 Å². The Balaban J connectivity index is 1.03. The number of rotatable bonds is 5. The smallest absolute Gasteiger partial charge is 0.195 e. The Morgan fingerprint density at radius 1 is 0.351 bits per heavy atom. The van der Waals surface area contributed by atoms with Crippen molar-refractivity contribution >= 4 is 5.69 Å². The van der Waals surface area contributed by atoms with Crippen molar-refractivity contribution in [2.24, 2.45) is 0 Å². The van der Waals surface area contributed by atoms with Crippen LogP contribution in [0.1, 0.15) is 22.3 Å². The van der Waals surface area contributed by atoms with Crippen LogP contribution in [-0.2, 0) is 5.41 Å². The van der Waals surface area contributed by atoms with Crippen LogP contribution in [0.4, 0.5) is 5.69 Å². The summed E-state index contributed by atoms with van der Waals surface area (Å²) < 4.78 is 0. The third-order valence-corrected chi connectivity index (χ3v) is 11.7. The van der Waals surface area contributed by atoms with Gasteiger partial charge in [0.15, 0.2) is 11.5 Å². The van der Waals surface area contributed by atoms with Gasteiger partial charge in [-0.15, -0.1) is 0 Å². The predicted octanol–water partition coefficient (Wildman–Crippen LogP) is 13.7. The van der Waals surface area contributed by atoms with Crippen LogP contribution < -0.4 is 0 Å². The SMILES string of the molecule is [C-]#[N+]c1cccc2c1-c1ccc(-c3ccc(-c4cc(-c5ccccc5)nc(-c5cccc(-c6ccccc6)c5)n4)cc3)cc1C21c2ccccc2-c2ccccc21. The predicted molar refractivity (Wildman–Crippen MR) is 232 cm³/mol. The van der Waals surface area contributed by atoms with E-state index in [1.165, 1.54) is 33.4 Å². The summed E-state index contributed by atoms with van der Waals surface area (Å²) in [5.74, 6) is 0.688. The van der Waals surface area contributed by atoms with E-state index in [2.05, 4.69) is 169 Å². The maximum atomic E-state index is 8.16. The molecule has 0 aliphatic heterocycles. The number of aromatic nitrogens is 2. The minimum atomic E-state index is -0.516. The highest BCUT2D eigenvalue weighted by Gasteiger charge is 2.52. The molecule has 8 aromatic carbocycles. The first-order valence-corrected chi connectivity index (χ1v) is 19.3. The first kappa shape index (κ1) is 32.7. The third kappa shape index (κ3) is 5.05. The summed E-state index contributed by atoms with van der Waals surface area (Å²) in [5.41, 5.74) is 19.1. The molecule has 1 spiro atoms. The molecule has 0 atom stereocenters. The lowest BCUT2D eigenvalue weighted by Crippen LogP contribution is -2.25. The number of hydrogen-bond acceptors (Lipinski definition) is 2. The average Bonchev–Trinajstić information content (AvgIpc) is 3.77. The summed E-state index contributed by atoms with van der Waals surface area (Å²) >= 11 is 0. The maximum absolute atomic E-state index is 8.16. The van der Waals surface area contributed by atoms with E-state index in [4.69, 9.17) is 16.5 Å². The van der Waals surface area contributed by atoms with Crippen molar-refractivity contribution in [3.8, 4) is 78.4 Å². The largest absolute Gasteiger partial charge is 0.238 e. The molecule has 1 aromatic heterocycles. The van der Waals surface area contributed by atoms with Crippen LogP contribution in [-0.4, -0.2) is 9.97 Å². The average molecular weight is 724 g/mol. The van der Waals surface area contributed by atoms with Gasteiger partial charge in [-0.05, 0) is 85.0 Å². The molecule has 0 saturated carbocycles. The molecule has 9 aromatic rings. The molecule has 3 nitrogen and oxygen atoms in total. The molecule has 0 amide bonds. The van der Waals surface area contributed by atoms with E-state index in [1.807, 2.05) is 36.4 Å². The number of nitrogens with zero attached hydrogens (tertiary/aromatic N) is 3. The van der Waals surface area contributed by atoms with E-state index in [9.17, 15) is 0 Å². The first-order chi connectivity index (χ1) is 28.2. The minimum absolute atomic E-state index is 0.516. The monoisotopic (exact) mass is 723 g/mol. The van der Waals surface area contributed by atoms with Gasteiger partial charge in [0.25, 0.3) is 0 Å². The Hall–Kier alpha value is -7.67. The molecule has 264 valence electrons. The van der Waals surface area contributed by atoms with Crippen molar-refractivity contribution < 1.29 is 0 Å². The van der Waals surface area contributed by atoms with Gasteiger partial charge in [0.2, 0.25) is 0 Å². The zero-order valence-electron chi connectivity index (χ0n) is 30.9. The fourth-order valence-electron chi connectivity index (χ4n) is 9.22. The molecule has 2 aliphatic carbocycles. The van der Waals surface area contributed by atoms with Crippen molar-refractivity contribution in [3.05, 3.63) is 234 Å². The van der Waals surface area contributed by atoms with Crippen molar-refractivity contribution in [2.75, 3.05) is 0 Å². The Bertz CT molecular complexity index is 3020. The maximum Gasteiger partial charge on any atom is 0.195 e. The number of benzene rings is 8. The zero-order chi connectivity index (χ0) is 37.9. The lowest BCUT2D eigenvalue weighted by molar-refractivity contribution is 0.794. The molecule has 0 N–H and O–H groups in total. The van der Waals surface area contributed by atoms with Crippen LogP contribution in [0.2, 0.25) is 0 Å². The Morgan fingerprint density at radius 3 is 1.53 bits per heavy atom. The fraction of sp³-hybridized carbons (Fsp3) is 0.0185. The highest BCUT2D eigenvalue weighted by atomic mass is 14.9. The minimum Gasteiger partial charge on any atom is -0.238 e. The van der Waals surface area contributed by atoms with Crippen LogP contribution >= 0.6 is 0 Å². The van der Waals surface area contributed by atoms with E-state index in [0.29, 0.717) is 11.5 Å². The molecule has 0 bridgehead atoms. The van der Waals surface area contributed by atoms with Crippen molar-refractivity contribution in [2.45, 2.75) is 5.41 Å². The summed E-state index contributed by atoms with van der Waals surface area (Å²) in [7, 11) is 0. The molecule has 2 aliphatic rings. The van der Waals surface area contributed by atoms with Crippen LogP contribution in [0, 0.1) is 6.57 Å². The second-order valence-electron chi connectivity index (χ2n) is 14.8. The van der Waals surface area contributed by atoms with Crippen LogP contribution in [0.3, 0.4) is 0 Å². The van der Waals surface area contributed by atoms with Gasteiger partial charge in [-0.1, -0.05) is 182 Å². The molecule has 0 unspecified atom stereocenters. The topological polar surface area (TPSA) is 30.1 Å². The molecule has 0 radical (unpaired) electrons. The van der Waals surface area contributed by atoms with Gasteiger partial charge < -0.3 is 0 Å². The second-order valence-corrected chi connectivity index (χ2v) is 14.8. The molecular formula is C54H33N3. The Labute approximate surface area is 332 Å².